The summed E-state index contributed by atoms with van der Waals surface area (Å²) in [6.07, 6.45) is 5.94. The molecule has 1 aromatic carbocycles. The Balaban J connectivity index is 1.27. The number of carbonyl (C=O) groups excluding carboxylic acids is 2. The number of carbonyl (C=O) groups is 2. The van der Waals surface area contributed by atoms with Crippen LogP contribution in [-0.2, 0) is 0 Å². The molecule has 3 amide bonds. The van der Waals surface area contributed by atoms with Crippen LogP contribution in [0.3, 0.4) is 0 Å². The molecule has 2 aromatic heterocycles. The SMILES string of the molecule is Cc1c(C(=O)N2CC[C@@](C)(O)C2)cn2nccc(Oc3ccc4c(c3)OCCN4C(=O)NC3CC3)c12. The first kappa shape index (κ1) is 22.7. The molecule has 3 aromatic rings. The van der Waals surface area contributed by atoms with Crippen LogP contribution in [0.15, 0.2) is 36.7 Å². The van der Waals surface area contributed by atoms with Gasteiger partial charge in [0.05, 0.1) is 29.6 Å². The van der Waals surface area contributed by atoms with Crippen molar-refractivity contribution in [1.29, 1.82) is 0 Å². The lowest BCUT2D eigenvalue weighted by Gasteiger charge is -2.29. The van der Waals surface area contributed by atoms with Crippen LogP contribution >= 0.6 is 0 Å². The maximum absolute atomic E-state index is 13.2. The van der Waals surface area contributed by atoms with Crippen LogP contribution in [0.5, 0.6) is 17.2 Å². The van der Waals surface area contributed by atoms with Crippen molar-refractivity contribution in [3.8, 4) is 17.2 Å². The van der Waals surface area contributed by atoms with Crippen molar-refractivity contribution < 1.29 is 24.2 Å². The summed E-state index contributed by atoms with van der Waals surface area (Å²) in [5.74, 6) is 1.55. The van der Waals surface area contributed by atoms with E-state index >= 15 is 0 Å². The molecule has 1 atom stereocenters. The zero-order chi connectivity index (χ0) is 25.0. The van der Waals surface area contributed by atoms with E-state index in [9.17, 15) is 14.7 Å². The summed E-state index contributed by atoms with van der Waals surface area (Å²) in [5, 5.41) is 17.7. The average molecular weight is 492 g/mol. The third kappa shape index (κ3) is 4.11. The second-order valence-electron chi connectivity index (χ2n) is 10.1. The lowest BCUT2D eigenvalue weighted by Crippen LogP contribution is -2.45. The number of aromatic nitrogens is 2. The number of nitrogens with one attached hydrogen (secondary N) is 1. The van der Waals surface area contributed by atoms with Crippen LogP contribution in [0.2, 0.25) is 0 Å². The van der Waals surface area contributed by atoms with Gasteiger partial charge in [0, 0.05) is 37.5 Å². The van der Waals surface area contributed by atoms with Crippen LogP contribution in [0.1, 0.15) is 42.1 Å². The van der Waals surface area contributed by atoms with Crippen LogP contribution in [-0.4, -0.2) is 69.4 Å². The molecule has 2 fully saturated rings. The summed E-state index contributed by atoms with van der Waals surface area (Å²) >= 11 is 0. The van der Waals surface area contributed by atoms with Crippen LogP contribution in [0.4, 0.5) is 10.5 Å². The number of β-amino-alcohol motifs (C(OH)–C–C–N with tert-alkyl or cyclic N) is 1. The Morgan fingerprint density at radius 2 is 2.08 bits per heavy atom. The van der Waals surface area contributed by atoms with E-state index in [1.54, 1.807) is 51.8 Å². The van der Waals surface area contributed by atoms with Gasteiger partial charge in [-0.15, -0.1) is 0 Å². The molecule has 4 heterocycles. The number of likely N-dealkylation sites (tertiary alicyclic amines) is 1. The van der Waals surface area contributed by atoms with Gasteiger partial charge in [-0.05, 0) is 50.8 Å². The molecule has 1 saturated heterocycles. The molecule has 10 heteroatoms. The summed E-state index contributed by atoms with van der Waals surface area (Å²) in [6, 6.07) is 7.34. The summed E-state index contributed by atoms with van der Waals surface area (Å²) in [5.41, 5.74) is 1.82. The van der Waals surface area contributed by atoms with Gasteiger partial charge in [-0.2, -0.15) is 5.10 Å². The number of rotatable bonds is 4. The van der Waals surface area contributed by atoms with E-state index < -0.39 is 5.60 Å². The third-order valence-electron chi connectivity index (χ3n) is 7.03. The van der Waals surface area contributed by atoms with Crippen LogP contribution < -0.4 is 19.7 Å². The number of fused-ring (bicyclic) bond motifs is 2. The minimum Gasteiger partial charge on any atom is -0.489 e. The van der Waals surface area contributed by atoms with E-state index in [2.05, 4.69) is 10.4 Å². The molecular formula is C26H29N5O5. The van der Waals surface area contributed by atoms with E-state index in [1.807, 2.05) is 13.0 Å². The second-order valence-corrected chi connectivity index (χ2v) is 10.1. The topological polar surface area (TPSA) is 109 Å². The standard InChI is InChI=1S/C26H29N5O5/c1-16-19(24(32)29-10-8-26(2,34)15-29)14-31-23(16)21(7-9-27-31)36-18-5-6-20-22(13-18)35-12-11-30(20)25(33)28-17-3-4-17/h5-7,9,13-14,17,34H,3-4,8,10-12,15H2,1-2H3,(H,28,33)/t26-/m1/s1. The largest absolute Gasteiger partial charge is 0.489 e. The van der Waals surface area contributed by atoms with E-state index in [1.165, 1.54) is 0 Å². The highest BCUT2D eigenvalue weighted by molar-refractivity contribution is 5.98. The number of aryl methyl sites for hydroxylation is 1. The number of anilines is 1. The molecule has 0 spiro atoms. The number of nitrogens with zero attached hydrogens (tertiary/aromatic N) is 4. The highest BCUT2D eigenvalue weighted by atomic mass is 16.5. The second kappa shape index (κ2) is 8.41. The number of hydrogen-bond donors (Lipinski definition) is 2. The lowest BCUT2D eigenvalue weighted by atomic mass is 10.1. The lowest BCUT2D eigenvalue weighted by molar-refractivity contribution is 0.0572. The number of amides is 3. The van der Waals surface area contributed by atoms with Crippen molar-refractivity contribution in [2.45, 2.75) is 44.8 Å². The maximum atomic E-state index is 13.2. The van der Waals surface area contributed by atoms with Gasteiger partial charge in [0.1, 0.15) is 23.6 Å². The molecule has 1 saturated carbocycles. The fourth-order valence-corrected chi connectivity index (χ4v) is 4.89. The van der Waals surface area contributed by atoms with Gasteiger partial charge in [0.25, 0.3) is 5.91 Å². The molecule has 0 radical (unpaired) electrons. The number of aliphatic hydroxyl groups is 1. The van der Waals surface area contributed by atoms with Gasteiger partial charge in [0.15, 0.2) is 5.75 Å². The fourth-order valence-electron chi connectivity index (χ4n) is 4.89. The molecule has 2 aliphatic heterocycles. The minimum absolute atomic E-state index is 0.105. The molecule has 1 aliphatic carbocycles. The van der Waals surface area contributed by atoms with E-state index in [4.69, 9.17) is 9.47 Å². The van der Waals surface area contributed by atoms with Gasteiger partial charge in [-0.25, -0.2) is 9.31 Å². The molecule has 188 valence electrons. The van der Waals surface area contributed by atoms with Crippen LogP contribution in [0, 0.1) is 6.92 Å². The zero-order valence-corrected chi connectivity index (χ0v) is 20.4. The molecule has 36 heavy (non-hydrogen) atoms. The number of ether oxygens (including phenoxy) is 2. The summed E-state index contributed by atoms with van der Waals surface area (Å²) in [6.45, 7) is 5.33. The highest BCUT2D eigenvalue weighted by Gasteiger charge is 2.35. The van der Waals surface area contributed by atoms with Gasteiger partial charge < -0.3 is 24.8 Å². The molecule has 0 bridgehead atoms. The molecule has 2 N–H and O–H groups in total. The number of benzene rings is 1. The van der Waals surface area contributed by atoms with Crippen molar-refractivity contribution in [2.24, 2.45) is 0 Å². The Labute approximate surface area is 208 Å². The quantitative estimate of drug-likeness (QED) is 0.581. The van der Waals surface area contributed by atoms with Gasteiger partial charge in [-0.3, -0.25) is 9.69 Å². The first-order chi connectivity index (χ1) is 17.3. The summed E-state index contributed by atoms with van der Waals surface area (Å²) in [7, 11) is 0. The number of hydrogen-bond acceptors (Lipinski definition) is 6. The normalized spacial score (nSPS) is 21.3. The van der Waals surface area contributed by atoms with Gasteiger partial charge >= 0.3 is 6.03 Å². The highest BCUT2D eigenvalue weighted by Crippen LogP contribution is 2.38. The average Bonchev–Trinajstić information content (AvgIpc) is 3.50. The molecule has 0 unspecified atom stereocenters. The monoisotopic (exact) mass is 491 g/mol. The first-order valence-corrected chi connectivity index (χ1v) is 12.3. The molecular weight excluding hydrogens is 462 g/mol. The van der Waals surface area contributed by atoms with E-state index in [0.29, 0.717) is 66.7 Å². The third-order valence-corrected chi connectivity index (χ3v) is 7.03. The Morgan fingerprint density at radius 1 is 1.25 bits per heavy atom. The molecule has 6 rings (SSSR count). The Kier molecular flexibility index (Phi) is 5.29. The number of urea groups is 1. The Hall–Kier alpha value is -3.79. The Bertz CT molecular complexity index is 1360. The predicted octanol–water partition coefficient (Wildman–Crippen LogP) is 3.10. The fraction of sp³-hybridized carbons (Fsp3) is 0.423. The van der Waals surface area contributed by atoms with Crippen molar-refractivity contribution in [1.82, 2.24) is 19.8 Å². The van der Waals surface area contributed by atoms with Gasteiger partial charge in [-0.1, -0.05) is 0 Å². The van der Waals surface area contributed by atoms with Crippen molar-refractivity contribution >= 4 is 23.1 Å². The smallest absolute Gasteiger partial charge is 0.322 e. The molecule has 3 aliphatic rings. The van der Waals surface area contributed by atoms with Crippen LogP contribution in [0.25, 0.3) is 5.52 Å². The maximum Gasteiger partial charge on any atom is 0.322 e. The first-order valence-electron chi connectivity index (χ1n) is 12.3. The zero-order valence-electron chi connectivity index (χ0n) is 20.4. The Morgan fingerprint density at radius 3 is 2.83 bits per heavy atom. The van der Waals surface area contributed by atoms with E-state index in [0.717, 1.165) is 18.4 Å². The van der Waals surface area contributed by atoms with Crippen molar-refractivity contribution in [2.75, 3.05) is 31.1 Å². The summed E-state index contributed by atoms with van der Waals surface area (Å²) < 4.78 is 13.7. The molecule has 10 nitrogen and oxygen atoms in total. The predicted molar refractivity (Wildman–Crippen MR) is 132 cm³/mol. The minimum atomic E-state index is -0.863. The van der Waals surface area contributed by atoms with Crippen molar-refractivity contribution in [3.05, 3.63) is 47.8 Å². The van der Waals surface area contributed by atoms with Crippen molar-refractivity contribution in [3.63, 3.8) is 0 Å². The van der Waals surface area contributed by atoms with Gasteiger partial charge in [0.2, 0.25) is 0 Å². The van der Waals surface area contributed by atoms with E-state index in [-0.39, 0.29) is 18.0 Å². The summed E-state index contributed by atoms with van der Waals surface area (Å²) in [4.78, 5) is 29.2.